The van der Waals surface area contributed by atoms with E-state index in [0.717, 1.165) is 26.9 Å². The topological polar surface area (TPSA) is 83.6 Å². The summed E-state index contributed by atoms with van der Waals surface area (Å²) in [4.78, 5) is 33.3. The zero-order valence-electron chi connectivity index (χ0n) is 24.4. The number of nitrogens with zero attached hydrogens (tertiary/aromatic N) is 2. The molecule has 4 aromatic rings. The zero-order valence-corrected chi connectivity index (χ0v) is 26.0. The average Bonchev–Trinajstić information content (AvgIpc) is 2.98. The summed E-state index contributed by atoms with van der Waals surface area (Å²) in [7, 11) is 1.79. The van der Waals surface area contributed by atoms with Crippen LogP contribution in [0.5, 0.6) is 5.75 Å². The summed E-state index contributed by atoms with van der Waals surface area (Å²) in [5, 5.41) is 6.50. The van der Waals surface area contributed by atoms with Gasteiger partial charge in [-0.25, -0.2) is 0 Å². The third kappa shape index (κ3) is 5.27. The first kappa shape index (κ1) is 29.3. The van der Waals surface area contributed by atoms with E-state index in [4.69, 9.17) is 4.74 Å². The highest BCUT2D eigenvalue weighted by Gasteiger charge is 2.55. The highest BCUT2D eigenvalue weighted by atomic mass is 79.9. The minimum atomic E-state index is -0.825. The van der Waals surface area contributed by atoms with Gasteiger partial charge in [0.05, 0.1) is 22.8 Å². The van der Waals surface area contributed by atoms with Gasteiger partial charge in [-0.3, -0.25) is 14.6 Å². The van der Waals surface area contributed by atoms with E-state index in [1.165, 1.54) is 0 Å². The number of carbonyl (C=O) groups is 2. The van der Waals surface area contributed by atoms with Gasteiger partial charge in [0.2, 0.25) is 5.91 Å². The number of pyridine rings is 1. The highest BCUT2D eigenvalue weighted by molar-refractivity contribution is 9.10. The van der Waals surface area contributed by atoms with E-state index in [1.807, 2.05) is 74.5 Å². The molecule has 1 aliphatic heterocycles. The second-order valence-corrected chi connectivity index (χ2v) is 12.2. The Morgan fingerprint density at radius 2 is 1.69 bits per heavy atom. The Morgan fingerprint density at radius 3 is 2.36 bits per heavy atom. The van der Waals surface area contributed by atoms with E-state index >= 15 is 0 Å². The summed E-state index contributed by atoms with van der Waals surface area (Å²) in [6.07, 6.45) is 3.47. The molecular formula is C34H35BrN4O3. The van der Waals surface area contributed by atoms with Crippen LogP contribution in [0.15, 0.2) is 95.7 Å². The number of hydrogen-bond donors (Lipinski definition) is 2. The molecule has 0 saturated carbocycles. The fourth-order valence-electron chi connectivity index (χ4n) is 6.31. The maximum Gasteiger partial charge on any atom is 0.253 e. The number of fused-ring (bicyclic) bond motifs is 1. The van der Waals surface area contributed by atoms with Crippen molar-refractivity contribution in [1.82, 2.24) is 10.3 Å². The number of aromatic nitrogens is 1. The van der Waals surface area contributed by atoms with E-state index in [9.17, 15) is 9.59 Å². The maximum absolute atomic E-state index is 14.0. The maximum atomic E-state index is 14.0. The molecule has 8 heteroatoms. The summed E-state index contributed by atoms with van der Waals surface area (Å²) < 4.78 is 6.97. The summed E-state index contributed by atoms with van der Waals surface area (Å²) in [5.74, 6) is 0.295. The van der Waals surface area contributed by atoms with Crippen LogP contribution >= 0.6 is 15.9 Å². The summed E-state index contributed by atoms with van der Waals surface area (Å²) in [6.45, 7) is 8.10. The Hall–Kier alpha value is -4.17. The molecule has 2 unspecified atom stereocenters. The Bertz CT molecular complexity index is 1610. The van der Waals surface area contributed by atoms with Crippen LogP contribution in [0, 0.1) is 0 Å². The molecule has 2 amide bonds. The molecule has 0 bridgehead atoms. The van der Waals surface area contributed by atoms with Crippen molar-refractivity contribution in [1.29, 1.82) is 0 Å². The molecule has 2 atom stereocenters. The number of hydrogen-bond acceptors (Lipinski definition) is 5. The normalized spacial score (nSPS) is 19.0. The van der Waals surface area contributed by atoms with Crippen molar-refractivity contribution in [3.8, 4) is 5.75 Å². The van der Waals surface area contributed by atoms with Crippen molar-refractivity contribution < 1.29 is 14.3 Å². The number of ether oxygens (including phenoxy) is 1. The monoisotopic (exact) mass is 626 g/mol. The second-order valence-electron chi connectivity index (χ2n) is 11.2. The molecule has 5 rings (SSSR count). The largest absolute Gasteiger partial charge is 0.489 e. The fourth-order valence-corrected chi connectivity index (χ4v) is 6.67. The average molecular weight is 628 g/mol. The van der Waals surface area contributed by atoms with Crippen molar-refractivity contribution in [2.75, 3.05) is 17.3 Å². The van der Waals surface area contributed by atoms with Crippen LogP contribution in [-0.2, 0) is 16.8 Å². The first-order chi connectivity index (χ1) is 20.1. The fraction of sp³-hybridized carbons (Fsp3) is 0.265. The lowest BCUT2D eigenvalue weighted by Crippen LogP contribution is -2.70. The van der Waals surface area contributed by atoms with Crippen LogP contribution in [0.4, 0.5) is 11.4 Å². The predicted molar refractivity (Wildman–Crippen MR) is 170 cm³/mol. The molecule has 2 N–H and O–H groups in total. The van der Waals surface area contributed by atoms with Gasteiger partial charge in [0.1, 0.15) is 12.4 Å². The molecule has 0 spiro atoms. The van der Waals surface area contributed by atoms with E-state index in [1.54, 1.807) is 37.3 Å². The van der Waals surface area contributed by atoms with Crippen LogP contribution in [0.25, 0.3) is 0 Å². The van der Waals surface area contributed by atoms with Gasteiger partial charge in [0.15, 0.2) is 0 Å². The summed E-state index contributed by atoms with van der Waals surface area (Å²) in [6, 6.07) is 24.9. The van der Waals surface area contributed by atoms with Crippen LogP contribution in [0.3, 0.4) is 0 Å². The Balaban J connectivity index is 1.65. The molecule has 7 nitrogen and oxygen atoms in total. The van der Waals surface area contributed by atoms with Gasteiger partial charge in [-0.2, -0.15) is 0 Å². The third-order valence-electron chi connectivity index (χ3n) is 8.24. The minimum Gasteiger partial charge on any atom is -0.489 e. The molecule has 42 heavy (non-hydrogen) atoms. The first-order valence-corrected chi connectivity index (χ1v) is 14.7. The van der Waals surface area contributed by atoms with E-state index in [0.29, 0.717) is 23.6 Å². The molecule has 1 aromatic heterocycles. The van der Waals surface area contributed by atoms with Crippen molar-refractivity contribution in [3.63, 3.8) is 0 Å². The molecule has 0 fully saturated rings. The quantitative estimate of drug-likeness (QED) is 0.238. The number of anilines is 2. The number of halogens is 1. The zero-order chi connectivity index (χ0) is 30.1. The molecular weight excluding hydrogens is 592 g/mol. The number of rotatable bonds is 7. The molecule has 2 heterocycles. The molecule has 0 saturated heterocycles. The summed E-state index contributed by atoms with van der Waals surface area (Å²) in [5.41, 5.74) is 3.41. The molecule has 216 valence electrons. The second kappa shape index (κ2) is 11.6. The van der Waals surface area contributed by atoms with E-state index in [2.05, 4.69) is 50.6 Å². The lowest BCUT2D eigenvalue weighted by Gasteiger charge is -2.57. The smallest absolute Gasteiger partial charge is 0.253 e. The van der Waals surface area contributed by atoms with Crippen molar-refractivity contribution >= 4 is 39.1 Å². The first-order valence-electron chi connectivity index (χ1n) is 13.9. The van der Waals surface area contributed by atoms with Crippen LogP contribution < -0.4 is 20.3 Å². The van der Waals surface area contributed by atoms with E-state index < -0.39 is 17.0 Å². The molecule has 1 aliphatic rings. The number of nitrogens with one attached hydrogen (secondary N) is 2. The standard InChI is InChI=1S/C34H35BrN4O3/c1-22(40)39-30-20-26(42-21-23-15-17-37-18-16-23)12-13-28(30)34(4,24-9-7-6-8-10-24)32(33(39,2)3)38-31(41)27-19-25(35)11-14-29(27)36-5/h6-20,32,36H,21H2,1-5H3,(H,38,41). The van der Waals surface area contributed by atoms with Gasteiger partial charge >= 0.3 is 0 Å². The Morgan fingerprint density at radius 1 is 0.976 bits per heavy atom. The number of benzene rings is 3. The molecule has 3 aromatic carbocycles. The van der Waals surface area contributed by atoms with Gasteiger partial charge in [0, 0.05) is 48.0 Å². The summed E-state index contributed by atoms with van der Waals surface area (Å²) >= 11 is 3.51. The molecule has 0 aliphatic carbocycles. The van der Waals surface area contributed by atoms with Gasteiger partial charge in [-0.05, 0) is 73.9 Å². The van der Waals surface area contributed by atoms with E-state index in [-0.39, 0.29) is 11.8 Å². The lowest BCUT2D eigenvalue weighted by atomic mass is 9.61. The third-order valence-corrected chi connectivity index (χ3v) is 8.74. The van der Waals surface area contributed by atoms with Gasteiger partial charge in [-0.15, -0.1) is 0 Å². The van der Waals surface area contributed by atoms with Gasteiger partial charge in [0.25, 0.3) is 5.91 Å². The predicted octanol–water partition coefficient (Wildman–Crippen LogP) is 6.71. The van der Waals surface area contributed by atoms with Crippen LogP contribution in [0.1, 0.15) is 54.7 Å². The van der Waals surface area contributed by atoms with Crippen molar-refractivity contribution in [3.05, 3.63) is 118 Å². The Labute approximate surface area is 255 Å². The van der Waals surface area contributed by atoms with Crippen molar-refractivity contribution in [2.45, 2.75) is 51.3 Å². The number of amides is 2. The van der Waals surface area contributed by atoms with Crippen molar-refractivity contribution in [2.24, 2.45) is 0 Å². The highest BCUT2D eigenvalue weighted by Crippen LogP contribution is 2.51. The number of carbonyl (C=O) groups excluding carboxylic acids is 2. The van der Waals surface area contributed by atoms with Gasteiger partial charge < -0.3 is 20.3 Å². The van der Waals surface area contributed by atoms with Crippen LogP contribution in [-0.4, -0.2) is 35.4 Å². The molecule has 0 radical (unpaired) electrons. The Kier molecular flexibility index (Phi) is 8.10. The van der Waals surface area contributed by atoms with Crippen LogP contribution in [0.2, 0.25) is 0 Å². The minimum absolute atomic E-state index is 0.125. The lowest BCUT2D eigenvalue weighted by molar-refractivity contribution is -0.118. The SMILES string of the molecule is CNc1ccc(Br)cc1C(=O)NC1C(C)(c2ccccc2)c2ccc(OCc3ccncc3)cc2N(C(C)=O)C1(C)C. The van der Waals surface area contributed by atoms with Gasteiger partial charge in [-0.1, -0.05) is 52.3 Å².